The third kappa shape index (κ3) is 7.05. The minimum atomic E-state index is -3.90. The Morgan fingerprint density at radius 3 is 2.49 bits per heavy atom. The Balaban J connectivity index is 1.14. The van der Waals surface area contributed by atoms with Gasteiger partial charge in [-0.15, -0.1) is 0 Å². The minimum Gasteiger partial charge on any atom is -0.490 e. The first-order valence-corrected chi connectivity index (χ1v) is 21.3. The van der Waals surface area contributed by atoms with Crippen molar-refractivity contribution in [3.05, 3.63) is 58.1 Å². The predicted molar refractivity (Wildman–Crippen MR) is 199 cm³/mol. The van der Waals surface area contributed by atoms with Gasteiger partial charge in [-0.2, -0.15) is 0 Å². The molecule has 3 aliphatic heterocycles. The summed E-state index contributed by atoms with van der Waals surface area (Å²) < 4.78 is 49.4. The van der Waals surface area contributed by atoms with Gasteiger partial charge in [-0.25, -0.2) is 13.1 Å². The van der Waals surface area contributed by atoms with Crippen molar-refractivity contribution >= 4 is 33.2 Å². The number of amides is 1. The molecule has 8 rings (SSSR count). The summed E-state index contributed by atoms with van der Waals surface area (Å²) in [5, 5.41) is 0.0366. The monoisotopic (exact) mass is 739 g/mol. The summed E-state index contributed by atoms with van der Waals surface area (Å²) >= 11 is 6.49. The number of fused-ring (bicyclic) bond motifs is 4. The number of nitrogens with zero attached hydrogens (tertiary/aromatic N) is 2. The van der Waals surface area contributed by atoms with Crippen LogP contribution < -0.4 is 14.4 Å². The molecule has 3 heterocycles. The van der Waals surface area contributed by atoms with E-state index in [9.17, 15) is 13.2 Å². The number of rotatable bonds is 3. The zero-order valence-electron chi connectivity index (χ0n) is 30.3. The van der Waals surface area contributed by atoms with Crippen LogP contribution in [-0.4, -0.2) is 82.8 Å². The van der Waals surface area contributed by atoms with Gasteiger partial charge in [0, 0.05) is 41.1 Å². The third-order valence-corrected chi connectivity index (χ3v) is 15.6. The van der Waals surface area contributed by atoms with Crippen molar-refractivity contribution in [1.82, 2.24) is 9.62 Å². The average molecular weight is 740 g/mol. The molecule has 11 heteroatoms. The zero-order chi connectivity index (χ0) is 35.5. The first-order chi connectivity index (χ1) is 24.5. The summed E-state index contributed by atoms with van der Waals surface area (Å²) in [6, 6.07) is 12.6. The van der Waals surface area contributed by atoms with Gasteiger partial charge in [-0.05, 0) is 131 Å². The van der Waals surface area contributed by atoms with E-state index >= 15 is 0 Å². The van der Waals surface area contributed by atoms with Crippen molar-refractivity contribution in [2.75, 3.05) is 44.9 Å². The van der Waals surface area contributed by atoms with Crippen molar-refractivity contribution in [2.24, 2.45) is 23.7 Å². The van der Waals surface area contributed by atoms with Gasteiger partial charge >= 0.3 is 0 Å². The van der Waals surface area contributed by atoms with Crippen LogP contribution in [0.3, 0.4) is 0 Å². The summed E-state index contributed by atoms with van der Waals surface area (Å²) in [5.74, 6) is 1.08. The van der Waals surface area contributed by atoms with Crippen LogP contribution in [0.5, 0.6) is 5.75 Å². The van der Waals surface area contributed by atoms with Crippen molar-refractivity contribution in [1.29, 1.82) is 0 Å². The highest BCUT2D eigenvalue weighted by atomic mass is 35.5. The van der Waals surface area contributed by atoms with Crippen LogP contribution in [0.2, 0.25) is 5.02 Å². The molecule has 6 aliphatic rings. The molecule has 9 nitrogen and oxygen atoms in total. The second kappa shape index (κ2) is 14.1. The molecule has 2 saturated carbocycles. The first-order valence-electron chi connectivity index (χ1n) is 19.3. The summed E-state index contributed by atoms with van der Waals surface area (Å²) in [6.45, 7) is 7.15. The maximum atomic E-state index is 13.6. The van der Waals surface area contributed by atoms with Crippen molar-refractivity contribution in [3.63, 3.8) is 0 Å². The number of hydrogen-bond donors (Lipinski definition) is 1. The largest absolute Gasteiger partial charge is 0.490 e. The van der Waals surface area contributed by atoms with E-state index in [1.807, 2.05) is 25.1 Å². The SMILES string of the molecule is C[C@@H]1[C@@H](C)CCC[C@H](C2OCC(N(C)C3CC3)CO2)[C@@H]2CC[C@H]2CN2C[C@@]3(CCCc4cc(Cl)ccc43)COc3ccc(cc32)C(=O)NS1(=O)=O. The lowest BCUT2D eigenvalue weighted by Crippen LogP contribution is -2.52. The molecule has 6 atom stereocenters. The fraction of sp³-hybridized carbons (Fsp3) is 0.675. The normalized spacial score (nSPS) is 35.5. The standard InChI is InChI=1S/C40H54ClN3O6S/c1-25-6-4-8-34(39-48-21-32(22-49-39)43(3)31-12-13-31)33-14-9-29(33)20-44-23-40(17-5-7-27-18-30(41)11-15-35(27)40)24-50-37-16-10-28(19-36(37)44)38(45)42-51(46,47)26(25)2/h10-11,15-16,18-19,25-26,29,31-34,39H,4-9,12-14,17,20-24H2,1-3H3,(H,42,45)/t25-,26+,29-,32?,33+,34-,39?,40-/m0/s1. The van der Waals surface area contributed by atoms with Gasteiger partial charge in [0.1, 0.15) is 5.75 Å². The van der Waals surface area contributed by atoms with E-state index in [2.05, 4.69) is 33.7 Å². The highest BCUT2D eigenvalue weighted by molar-refractivity contribution is 7.90. The highest BCUT2D eigenvalue weighted by Crippen LogP contribution is 2.49. The number of sulfonamides is 1. The van der Waals surface area contributed by atoms with Crippen LogP contribution in [0.15, 0.2) is 36.4 Å². The highest BCUT2D eigenvalue weighted by Gasteiger charge is 2.47. The Kier molecular flexibility index (Phi) is 9.87. The predicted octanol–water partition coefficient (Wildman–Crippen LogP) is 6.56. The second-order valence-corrected chi connectivity index (χ2v) is 19.1. The minimum absolute atomic E-state index is 0.119. The quantitative estimate of drug-likeness (QED) is 0.379. The molecule has 3 aliphatic carbocycles. The number of hydrogen-bond acceptors (Lipinski definition) is 8. The molecule has 3 fully saturated rings. The molecule has 1 spiro atoms. The molecule has 2 aromatic carbocycles. The number of nitrogens with one attached hydrogen (secondary N) is 1. The van der Waals surface area contributed by atoms with Crippen molar-refractivity contribution in [3.8, 4) is 5.75 Å². The first kappa shape index (κ1) is 35.6. The number of carbonyl (C=O) groups is 1. The lowest BCUT2D eigenvalue weighted by molar-refractivity contribution is -0.242. The van der Waals surface area contributed by atoms with E-state index in [0.717, 1.165) is 80.9 Å². The third-order valence-electron chi connectivity index (χ3n) is 13.5. The molecule has 278 valence electrons. The van der Waals surface area contributed by atoms with E-state index < -0.39 is 21.2 Å². The number of benzene rings is 2. The van der Waals surface area contributed by atoms with Crippen LogP contribution in [0.1, 0.15) is 93.1 Å². The van der Waals surface area contributed by atoms with Crippen molar-refractivity contribution < 1.29 is 27.4 Å². The Morgan fingerprint density at radius 2 is 1.75 bits per heavy atom. The lowest BCUT2D eigenvalue weighted by atomic mass is 9.64. The van der Waals surface area contributed by atoms with Crippen LogP contribution in [0.25, 0.3) is 0 Å². The van der Waals surface area contributed by atoms with Gasteiger partial charge < -0.3 is 19.1 Å². The number of halogens is 1. The molecule has 0 radical (unpaired) electrons. The maximum absolute atomic E-state index is 13.6. The summed E-state index contributed by atoms with van der Waals surface area (Å²) in [6.07, 6.45) is 10.1. The van der Waals surface area contributed by atoms with Crippen molar-refractivity contribution in [2.45, 2.75) is 107 Å². The number of aryl methyl sites for hydroxylation is 1. The molecular weight excluding hydrogens is 686 g/mol. The van der Waals surface area contributed by atoms with E-state index in [1.165, 1.54) is 24.0 Å². The van der Waals surface area contributed by atoms with E-state index in [0.29, 0.717) is 43.3 Å². The van der Waals surface area contributed by atoms with Crippen LogP contribution in [0, 0.1) is 23.7 Å². The molecule has 2 bridgehead atoms. The fourth-order valence-corrected chi connectivity index (χ4v) is 11.2. The number of ether oxygens (including phenoxy) is 3. The molecule has 1 saturated heterocycles. The summed E-state index contributed by atoms with van der Waals surface area (Å²) in [5.41, 5.74) is 3.51. The molecule has 2 aromatic rings. The molecule has 1 N–H and O–H groups in total. The molecule has 0 unspecified atom stereocenters. The smallest absolute Gasteiger partial charge is 0.264 e. The average Bonchev–Trinajstić information content (AvgIpc) is 3.97. The number of anilines is 1. The Labute approximate surface area is 308 Å². The lowest BCUT2D eigenvalue weighted by Gasteiger charge is -2.49. The molecule has 1 amide bonds. The van der Waals surface area contributed by atoms with Crippen LogP contribution >= 0.6 is 11.6 Å². The van der Waals surface area contributed by atoms with E-state index in [-0.39, 0.29) is 29.6 Å². The second-order valence-electron chi connectivity index (χ2n) is 16.6. The van der Waals surface area contributed by atoms with Gasteiger partial charge in [-0.3, -0.25) is 9.69 Å². The van der Waals surface area contributed by atoms with Gasteiger partial charge in [-0.1, -0.05) is 31.0 Å². The Morgan fingerprint density at radius 1 is 0.941 bits per heavy atom. The number of likely N-dealkylation sites (N-methyl/N-ethyl adjacent to an activating group) is 1. The van der Waals surface area contributed by atoms with Gasteiger partial charge in [0.05, 0.1) is 36.8 Å². The topological polar surface area (TPSA) is 97.4 Å². The van der Waals surface area contributed by atoms with Gasteiger partial charge in [0.15, 0.2) is 6.29 Å². The maximum Gasteiger partial charge on any atom is 0.264 e. The van der Waals surface area contributed by atoms with E-state index in [4.69, 9.17) is 25.8 Å². The van der Waals surface area contributed by atoms with Gasteiger partial charge in [0.25, 0.3) is 5.91 Å². The zero-order valence-corrected chi connectivity index (χ0v) is 31.9. The van der Waals surface area contributed by atoms with Gasteiger partial charge in [0.2, 0.25) is 10.0 Å². The molecular formula is C40H54ClN3O6S. The summed E-state index contributed by atoms with van der Waals surface area (Å²) in [4.78, 5) is 18.5. The molecule has 51 heavy (non-hydrogen) atoms. The van der Waals surface area contributed by atoms with Crippen LogP contribution in [-0.2, 0) is 31.3 Å². The Bertz CT molecular complexity index is 1730. The van der Waals surface area contributed by atoms with Crippen LogP contribution in [0.4, 0.5) is 5.69 Å². The Hall–Kier alpha value is -2.37. The number of carbonyl (C=O) groups excluding carboxylic acids is 1. The molecule has 0 aromatic heterocycles. The summed E-state index contributed by atoms with van der Waals surface area (Å²) in [7, 11) is -1.71. The fourth-order valence-electron chi connectivity index (χ4n) is 9.74. The van der Waals surface area contributed by atoms with E-state index in [1.54, 1.807) is 13.0 Å².